The SMILES string of the molecule is CC.Cc1ccc2cc(O)[nH]c2c1C. The number of aromatic nitrogens is 1. The average Bonchev–Trinajstić information content (AvgIpc) is 2.57. The third-order valence-corrected chi connectivity index (χ3v) is 2.31. The highest BCUT2D eigenvalue weighted by Gasteiger charge is 2.02. The smallest absolute Gasteiger partial charge is 0.189 e. The van der Waals surface area contributed by atoms with E-state index in [0.29, 0.717) is 0 Å². The Labute approximate surface area is 84.6 Å². The summed E-state index contributed by atoms with van der Waals surface area (Å²) in [6.45, 7) is 8.11. The monoisotopic (exact) mass is 191 g/mol. The summed E-state index contributed by atoms with van der Waals surface area (Å²) in [6.07, 6.45) is 0. The third kappa shape index (κ3) is 1.74. The van der Waals surface area contributed by atoms with E-state index in [4.69, 9.17) is 0 Å². The minimum atomic E-state index is 0.235. The highest BCUT2D eigenvalue weighted by molar-refractivity contribution is 5.85. The molecule has 2 rings (SSSR count). The van der Waals surface area contributed by atoms with Crippen LogP contribution < -0.4 is 0 Å². The van der Waals surface area contributed by atoms with Crippen molar-refractivity contribution < 1.29 is 5.11 Å². The van der Waals surface area contributed by atoms with Gasteiger partial charge in [-0.1, -0.05) is 26.0 Å². The first kappa shape index (κ1) is 10.6. The summed E-state index contributed by atoms with van der Waals surface area (Å²) in [5.41, 5.74) is 3.48. The van der Waals surface area contributed by atoms with Crippen molar-refractivity contribution in [3.8, 4) is 5.88 Å². The standard InChI is InChI=1S/C10H11NO.C2H6/c1-6-3-4-8-5-9(12)11-10(8)7(6)2;1-2/h3-5,11-12H,1-2H3;1-2H3. The Kier molecular flexibility index (Phi) is 3.18. The second kappa shape index (κ2) is 4.18. The topological polar surface area (TPSA) is 36.0 Å². The van der Waals surface area contributed by atoms with Gasteiger partial charge in [0.1, 0.15) is 0 Å². The molecule has 0 radical (unpaired) electrons. The Morgan fingerprint density at radius 1 is 1.14 bits per heavy atom. The van der Waals surface area contributed by atoms with Gasteiger partial charge in [0.05, 0.1) is 5.52 Å². The molecule has 0 fully saturated rings. The van der Waals surface area contributed by atoms with E-state index in [-0.39, 0.29) is 5.88 Å². The molecule has 0 bridgehead atoms. The molecule has 0 aliphatic carbocycles. The van der Waals surface area contributed by atoms with E-state index in [1.54, 1.807) is 6.07 Å². The van der Waals surface area contributed by atoms with Gasteiger partial charge in [-0.05, 0) is 25.0 Å². The van der Waals surface area contributed by atoms with Crippen LogP contribution in [-0.2, 0) is 0 Å². The lowest BCUT2D eigenvalue weighted by atomic mass is 10.1. The zero-order valence-electron chi connectivity index (χ0n) is 9.18. The normalized spacial score (nSPS) is 9.71. The van der Waals surface area contributed by atoms with Crippen LogP contribution in [0.15, 0.2) is 18.2 Å². The molecule has 0 aliphatic heterocycles. The number of aromatic amines is 1. The molecule has 76 valence electrons. The summed E-state index contributed by atoms with van der Waals surface area (Å²) >= 11 is 0. The van der Waals surface area contributed by atoms with Crippen LogP contribution in [0.2, 0.25) is 0 Å². The summed E-state index contributed by atoms with van der Waals surface area (Å²) in [7, 11) is 0. The zero-order valence-corrected chi connectivity index (χ0v) is 9.18. The largest absolute Gasteiger partial charge is 0.495 e. The Morgan fingerprint density at radius 3 is 2.43 bits per heavy atom. The van der Waals surface area contributed by atoms with Crippen LogP contribution in [0.3, 0.4) is 0 Å². The number of aromatic hydroxyl groups is 1. The summed E-state index contributed by atoms with van der Waals surface area (Å²) in [5, 5.41) is 10.3. The maximum Gasteiger partial charge on any atom is 0.189 e. The zero-order chi connectivity index (χ0) is 10.7. The van der Waals surface area contributed by atoms with Crippen LogP contribution in [0.4, 0.5) is 0 Å². The van der Waals surface area contributed by atoms with Gasteiger partial charge in [-0.2, -0.15) is 0 Å². The van der Waals surface area contributed by atoms with Crippen LogP contribution in [0.5, 0.6) is 5.88 Å². The van der Waals surface area contributed by atoms with Gasteiger partial charge in [0.2, 0.25) is 0 Å². The predicted octanol–water partition coefficient (Wildman–Crippen LogP) is 3.52. The number of aryl methyl sites for hydroxylation is 2. The third-order valence-electron chi connectivity index (χ3n) is 2.31. The van der Waals surface area contributed by atoms with Crippen LogP contribution in [-0.4, -0.2) is 10.1 Å². The molecule has 2 N–H and O–H groups in total. The summed E-state index contributed by atoms with van der Waals surface area (Å²) in [6, 6.07) is 5.81. The highest BCUT2D eigenvalue weighted by atomic mass is 16.3. The number of fused-ring (bicyclic) bond motifs is 1. The molecule has 0 aliphatic rings. The van der Waals surface area contributed by atoms with E-state index in [2.05, 4.69) is 18.0 Å². The van der Waals surface area contributed by atoms with Crippen LogP contribution >= 0.6 is 0 Å². The van der Waals surface area contributed by atoms with Crippen molar-refractivity contribution in [2.75, 3.05) is 0 Å². The van der Waals surface area contributed by atoms with E-state index in [9.17, 15) is 5.11 Å². The number of benzene rings is 1. The molecule has 0 unspecified atom stereocenters. The molecule has 0 atom stereocenters. The second-order valence-electron chi connectivity index (χ2n) is 3.13. The molecule has 14 heavy (non-hydrogen) atoms. The Morgan fingerprint density at radius 2 is 1.79 bits per heavy atom. The number of hydrogen-bond donors (Lipinski definition) is 2. The van der Waals surface area contributed by atoms with E-state index < -0.39 is 0 Å². The van der Waals surface area contributed by atoms with Crippen molar-refractivity contribution in [3.63, 3.8) is 0 Å². The lowest BCUT2D eigenvalue weighted by molar-refractivity contribution is 0.458. The number of H-pyrrole nitrogens is 1. The Hall–Kier alpha value is -1.44. The first-order valence-electron chi connectivity index (χ1n) is 4.96. The summed E-state index contributed by atoms with van der Waals surface area (Å²) in [4.78, 5) is 2.92. The minimum absolute atomic E-state index is 0.235. The fraction of sp³-hybridized carbons (Fsp3) is 0.333. The molecular formula is C12H17NO. The molecule has 0 amide bonds. The van der Waals surface area contributed by atoms with Gasteiger partial charge in [-0.25, -0.2) is 0 Å². The molecule has 2 heteroatoms. The molecular weight excluding hydrogens is 174 g/mol. The lowest BCUT2D eigenvalue weighted by Crippen LogP contribution is -1.81. The summed E-state index contributed by atoms with van der Waals surface area (Å²) in [5.74, 6) is 0.235. The first-order chi connectivity index (χ1) is 6.68. The maximum absolute atomic E-state index is 9.22. The molecule has 1 aromatic carbocycles. The Bertz CT molecular complexity index is 429. The van der Waals surface area contributed by atoms with Crippen molar-refractivity contribution >= 4 is 10.9 Å². The van der Waals surface area contributed by atoms with Gasteiger partial charge in [-0.3, -0.25) is 0 Å². The minimum Gasteiger partial charge on any atom is -0.495 e. The van der Waals surface area contributed by atoms with Gasteiger partial charge in [0, 0.05) is 11.5 Å². The van der Waals surface area contributed by atoms with Crippen LogP contribution in [0.1, 0.15) is 25.0 Å². The highest BCUT2D eigenvalue weighted by Crippen LogP contribution is 2.24. The number of nitrogens with one attached hydrogen (secondary N) is 1. The van der Waals surface area contributed by atoms with Gasteiger partial charge < -0.3 is 10.1 Å². The van der Waals surface area contributed by atoms with Crippen LogP contribution in [0.25, 0.3) is 10.9 Å². The molecule has 0 saturated carbocycles. The fourth-order valence-corrected chi connectivity index (χ4v) is 1.43. The molecule has 1 aromatic heterocycles. The van der Waals surface area contributed by atoms with Crippen molar-refractivity contribution in [3.05, 3.63) is 29.3 Å². The van der Waals surface area contributed by atoms with Crippen molar-refractivity contribution in [2.45, 2.75) is 27.7 Å². The molecule has 2 nitrogen and oxygen atoms in total. The first-order valence-corrected chi connectivity index (χ1v) is 4.96. The van der Waals surface area contributed by atoms with Crippen LogP contribution in [0, 0.1) is 13.8 Å². The molecule has 0 saturated heterocycles. The average molecular weight is 191 g/mol. The van der Waals surface area contributed by atoms with Gasteiger partial charge in [-0.15, -0.1) is 0 Å². The molecule has 0 spiro atoms. The maximum atomic E-state index is 9.22. The van der Waals surface area contributed by atoms with Gasteiger partial charge in [0.25, 0.3) is 0 Å². The van der Waals surface area contributed by atoms with E-state index in [1.165, 1.54) is 11.1 Å². The molecule has 1 heterocycles. The molecule has 2 aromatic rings. The van der Waals surface area contributed by atoms with Gasteiger partial charge >= 0.3 is 0 Å². The lowest BCUT2D eigenvalue weighted by Gasteiger charge is -1.99. The quantitative estimate of drug-likeness (QED) is 0.656. The predicted molar refractivity (Wildman–Crippen MR) is 60.8 cm³/mol. The van der Waals surface area contributed by atoms with Crippen molar-refractivity contribution in [1.82, 2.24) is 4.98 Å². The van der Waals surface area contributed by atoms with Crippen molar-refractivity contribution in [1.29, 1.82) is 0 Å². The second-order valence-corrected chi connectivity index (χ2v) is 3.13. The van der Waals surface area contributed by atoms with E-state index in [1.807, 2.05) is 26.8 Å². The number of rotatable bonds is 0. The Balaban J connectivity index is 0.000000461. The van der Waals surface area contributed by atoms with E-state index in [0.717, 1.165) is 10.9 Å². The van der Waals surface area contributed by atoms with Gasteiger partial charge in [0.15, 0.2) is 5.88 Å². The van der Waals surface area contributed by atoms with Crippen molar-refractivity contribution in [2.24, 2.45) is 0 Å². The van der Waals surface area contributed by atoms with E-state index >= 15 is 0 Å². The fourth-order valence-electron chi connectivity index (χ4n) is 1.43. The number of hydrogen-bond acceptors (Lipinski definition) is 1. The summed E-state index contributed by atoms with van der Waals surface area (Å²) < 4.78 is 0.